The van der Waals surface area contributed by atoms with Gasteiger partial charge in [-0.05, 0) is 62.3 Å². The van der Waals surface area contributed by atoms with E-state index in [1.807, 2.05) is 12.1 Å². The van der Waals surface area contributed by atoms with E-state index in [2.05, 4.69) is 21.6 Å². The number of anilines is 1. The molecule has 0 spiro atoms. The van der Waals surface area contributed by atoms with Crippen molar-refractivity contribution in [2.24, 2.45) is 5.92 Å². The van der Waals surface area contributed by atoms with Crippen LogP contribution in [-0.4, -0.2) is 43.0 Å². The molecule has 2 N–H and O–H groups in total. The van der Waals surface area contributed by atoms with Crippen molar-refractivity contribution in [3.05, 3.63) is 29.3 Å². The van der Waals surface area contributed by atoms with E-state index in [0.29, 0.717) is 5.92 Å². The van der Waals surface area contributed by atoms with Crippen LogP contribution in [0.3, 0.4) is 0 Å². The number of hydrogen-bond donors (Lipinski definition) is 2. The molecule has 22 heavy (non-hydrogen) atoms. The summed E-state index contributed by atoms with van der Waals surface area (Å²) in [6, 6.07) is 6.88. The van der Waals surface area contributed by atoms with Crippen molar-refractivity contribution in [1.82, 2.24) is 10.2 Å². The third-order valence-electron chi connectivity index (χ3n) is 5.27. The molecule has 118 valence electrons. The van der Waals surface area contributed by atoms with Crippen LogP contribution in [-0.2, 0) is 6.42 Å². The van der Waals surface area contributed by atoms with Crippen LogP contribution < -0.4 is 10.6 Å². The van der Waals surface area contributed by atoms with Crippen LogP contribution >= 0.6 is 0 Å². The fourth-order valence-corrected chi connectivity index (χ4v) is 3.86. The highest BCUT2D eigenvalue weighted by Gasteiger charge is 2.34. The molecule has 4 heteroatoms. The van der Waals surface area contributed by atoms with Crippen molar-refractivity contribution in [2.45, 2.75) is 38.1 Å². The highest BCUT2D eigenvalue weighted by Crippen LogP contribution is 2.31. The van der Waals surface area contributed by atoms with Gasteiger partial charge in [0.1, 0.15) is 0 Å². The summed E-state index contributed by atoms with van der Waals surface area (Å²) >= 11 is 0. The summed E-state index contributed by atoms with van der Waals surface area (Å²) in [5.74, 6) is 0.729. The Bertz CT molecular complexity index is 567. The van der Waals surface area contributed by atoms with Crippen LogP contribution in [0, 0.1) is 5.92 Å². The summed E-state index contributed by atoms with van der Waals surface area (Å²) in [7, 11) is 0. The van der Waals surface area contributed by atoms with Gasteiger partial charge in [0.05, 0.1) is 0 Å². The Hall–Kier alpha value is -1.55. The largest absolute Gasteiger partial charge is 0.385 e. The number of amides is 1. The third kappa shape index (κ3) is 2.84. The first-order valence-electron chi connectivity index (χ1n) is 8.69. The summed E-state index contributed by atoms with van der Waals surface area (Å²) in [4.78, 5) is 15.2. The van der Waals surface area contributed by atoms with E-state index < -0.39 is 0 Å². The number of rotatable bonds is 4. The van der Waals surface area contributed by atoms with Gasteiger partial charge in [0, 0.05) is 36.9 Å². The van der Waals surface area contributed by atoms with Crippen molar-refractivity contribution in [3.8, 4) is 0 Å². The van der Waals surface area contributed by atoms with Crippen LogP contribution in [0.4, 0.5) is 5.69 Å². The van der Waals surface area contributed by atoms with Gasteiger partial charge in [0.25, 0.3) is 5.91 Å². The van der Waals surface area contributed by atoms with E-state index in [1.54, 1.807) is 0 Å². The molecule has 2 aliphatic heterocycles. The number of hydrogen-bond acceptors (Lipinski definition) is 3. The molecule has 1 aromatic carbocycles. The number of fused-ring (bicyclic) bond motifs is 1. The van der Waals surface area contributed by atoms with Gasteiger partial charge in [-0.2, -0.15) is 0 Å². The summed E-state index contributed by atoms with van der Waals surface area (Å²) < 4.78 is 0. The molecule has 1 amide bonds. The van der Waals surface area contributed by atoms with E-state index in [0.717, 1.165) is 43.2 Å². The normalized spacial score (nSPS) is 24.6. The zero-order valence-corrected chi connectivity index (χ0v) is 13.1. The first-order chi connectivity index (χ1) is 10.8. The molecular weight excluding hydrogens is 274 g/mol. The molecule has 1 atom stereocenters. The van der Waals surface area contributed by atoms with Crippen molar-refractivity contribution in [2.75, 3.05) is 31.5 Å². The molecule has 1 saturated carbocycles. The number of carbonyl (C=O) groups excluding carboxylic acids is 1. The first kappa shape index (κ1) is 14.1. The SMILES string of the molecule is O=C(NCC1CCN(C2CC2)C1)c1cccc2c1CCCN2. The summed E-state index contributed by atoms with van der Waals surface area (Å²) in [6.45, 7) is 4.21. The third-order valence-corrected chi connectivity index (χ3v) is 5.27. The average Bonchev–Trinajstić information content (AvgIpc) is 3.31. The second-order valence-electron chi connectivity index (χ2n) is 6.95. The molecule has 1 saturated heterocycles. The maximum Gasteiger partial charge on any atom is 0.251 e. The van der Waals surface area contributed by atoms with Crippen LogP contribution in [0.2, 0.25) is 0 Å². The number of nitrogens with one attached hydrogen (secondary N) is 2. The molecule has 4 rings (SSSR count). The van der Waals surface area contributed by atoms with E-state index in [4.69, 9.17) is 0 Å². The standard InChI is InChI=1S/C18H25N3O/c22-18(16-3-1-5-17-15(16)4-2-9-19-17)20-11-13-8-10-21(12-13)14-6-7-14/h1,3,5,13-14,19H,2,4,6-12H2,(H,20,22). The number of benzene rings is 1. The van der Waals surface area contributed by atoms with Crippen molar-refractivity contribution >= 4 is 11.6 Å². The molecule has 3 aliphatic rings. The van der Waals surface area contributed by atoms with Gasteiger partial charge in [0.15, 0.2) is 0 Å². The molecule has 1 aliphatic carbocycles. The fraction of sp³-hybridized carbons (Fsp3) is 0.611. The van der Waals surface area contributed by atoms with Crippen LogP contribution in [0.1, 0.15) is 41.6 Å². The second-order valence-corrected chi connectivity index (χ2v) is 6.95. The Morgan fingerprint density at radius 3 is 3.09 bits per heavy atom. The Morgan fingerprint density at radius 2 is 2.23 bits per heavy atom. The van der Waals surface area contributed by atoms with Crippen LogP contribution in [0.25, 0.3) is 0 Å². The van der Waals surface area contributed by atoms with Crippen molar-refractivity contribution in [3.63, 3.8) is 0 Å². The van der Waals surface area contributed by atoms with Gasteiger partial charge in [-0.1, -0.05) is 6.07 Å². The quantitative estimate of drug-likeness (QED) is 0.896. The highest BCUT2D eigenvalue weighted by molar-refractivity contribution is 5.97. The van der Waals surface area contributed by atoms with E-state index >= 15 is 0 Å². The summed E-state index contributed by atoms with van der Waals surface area (Å²) in [6.07, 6.45) is 6.09. The van der Waals surface area contributed by atoms with Gasteiger partial charge in [-0.25, -0.2) is 0 Å². The zero-order valence-electron chi connectivity index (χ0n) is 13.1. The average molecular weight is 299 g/mol. The van der Waals surface area contributed by atoms with Gasteiger partial charge in [0.2, 0.25) is 0 Å². The number of carbonyl (C=O) groups is 1. The Kier molecular flexibility index (Phi) is 3.78. The van der Waals surface area contributed by atoms with Crippen LogP contribution in [0.5, 0.6) is 0 Å². The predicted molar refractivity (Wildman–Crippen MR) is 88.3 cm³/mol. The first-order valence-corrected chi connectivity index (χ1v) is 8.69. The minimum atomic E-state index is 0.102. The minimum absolute atomic E-state index is 0.102. The van der Waals surface area contributed by atoms with Crippen LogP contribution in [0.15, 0.2) is 18.2 Å². The Balaban J connectivity index is 1.36. The molecular formula is C18H25N3O. The summed E-state index contributed by atoms with van der Waals surface area (Å²) in [5, 5.41) is 6.57. The molecule has 1 aromatic rings. The van der Waals surface area contributed by atoms with Gasteiger partial charge >= 0.3 is 0 Å². The molecule has 4 nitrogen and oxygen atoms in total. The molecule has 0 aromatic heterocycles. The zero-order chi connectivity index (χ0) is 14.9. The van der Waals surface area contributed by atoms with E-state index in [9.17, 15) is 4.79 Å². The number of likely N-dealkylation sites (tertiary alicyclic amines) is 1. The smallest absolute Gasteiger partial charge is 0.251 e. The maximum atomic E-state index is 12.5. The molecule has 0 radical (unpaired) electrons. The van der Waals surface area contributed by atoms with E-state index in [1.165, 1.54) is 37.9 Å². The monoisotopic (exact) mass is 299 g/mol. The fourth-order valence-electron chi connectivity index (χ4n) is 3.86. The lowest BCUT2D eigenvalue weighted by Crippen LogP contribution is -2.32. The molecule has 1 unspecified atom stereocenters. The minimum Gasteiger partial charge on any atom is -0.385 e. The maximum absolute atomic E-state index is 12.5. The second kappa shape index (κ2) is 5.92. The van der Waals surface area contributed by atoms with Gasteiger partial charge in [-0.15, -0.1) is 0 Å². The Morgan fingerprint density at radius 1 is 1.32 bits per heavy atom. The van der Waals surface area contributed by atoms with E-state index in [-0.39, 0.29) is 5.91 Å². The molecule has 2 fully saturated rings. The molecule has 2 heterocycles. The lowest BCUT2D eigenvalue weighted by molar-refractivity contribution is 0.0946. The van der Waals surface area contributed by atoms with Crippen molar-refractivity contribution < 1.29 is 4.79 Å². The molecule has 0 bridgehead atoms. The lowest BCUT2D eigenvalue weighted by atomic mass is 9.97. The highest BCUT2D eigenvalue weighted by atomic mass is 16.1. The summed E-state index contributed by atoms with van der Waals surface area (Å²) in [5.41, 5.74) is 3.19. The lowest BCUT2D eigenvalue weighted by Gasteiger charge is -2.21. The Labute approximate surface area is 132 Å². The van der Waals surface area contributed by atoms with Gasteiger partial charge < -0.3 is 15.5 Å². The predicted octanol–water partition coefficient (Wildman–Crippen LogP) is 2.26. The number of nitrogens with zero attached hydrogens (tertiary/aromatic N) is 1. The topological polar surface area (TPSA) is 44.4 Å². The van der Waals surface area contributed by atoms with Crippen molar-refractivity contribution in [1.29, 1.82) is 0 Å². The van der Waals surface area contributed by atoms with Gasteiger partial charge in [-0.3, -0.25) is 4.79 Å².